The van der Waals surface area contributed by atoms with Crippen LogP contribution in [0.15, 0.2) is 11.6 Å². The number of carboxylic acids is 1. The Bertz CT molecular complexity index is 206. The Morgan fingerprint density at radius 3 is 2.73 bits per heavy atom. The number of rotatable bonds is 1. The zero-order valence-electron chi connectivity index (χ0n) is 7.05. The van der Waals surface area contributed by atoms with E-state index in [1.54, 1.807) is 0 Å². The summed E-state index contributed by atoms with van der Waals surface area (Å²) in [7, 11) is 0. The van der Waals surface area contributed by atoms with Crippen molar-refractivity contribution in [3.63, 3.8) is 0 Å². The van der Waals surface area contributed by atoms with Gasteiger partial charge in [-0.2, -0.15) is 0 Å². The molecule has 0 amide bonds. The molecule has 0 radical (unpaired) electrons. The van der Waals surface area contributed by atoms with Crippen molar-refractivity contribution >= 4 is 5.97 Å². The fourth-order valence-electron chi connectivity index (χ4n) is 1.60. The molecule has 1 atom stereocenters. The third kappa shape index (κ3) is 1.62. The molecule has 0 fully saturated rings. The lowest BCUT2D eigenvalue weighted by Crippen LogP contribution is -2.29. The van der Waals surface area contributed by atoms with Crippen LogP contribution in [-0.4, -0.2) is 11.1 Å². The van der Waals surface area contributed by atoms with Gasteiger partial charge in [0, 0.05) is 0 Å². The van der Waals surface area contributed by atoms with E-state index in [9.17, 15) is 4.79 Å². The molecule has 11 heavy (non-hydrogen) atoms. The molecule has 1 aliphatic rings. The van der Waals surface area contributed by atoms with Crippen LogP contribution in [-0.2, 0) is 4.79 Å². The van der Waals surface area contributed by atoms with E-state index in [0.29, 0.717) is 6.42 Å². The second kappa shape index (κ2) is 2.68. The lowest BCUT2D eigenvalue weighted by molar-refractivity contribution is -0.148. The van der Waals surface area contributed by atoms with E-state index >= 15 is 0 Å². The van der Waals surface area contributed by atoms with Crippen molar-refractivity contribution in [2.45, 2.75) is 33.1 Å². The summed E-state index contributed by atoms with van der Waals surface area (Å²) in [5.74, 6) is -0.662. The van der Waals surface area contributed by atoms with E-state index in [4.69, 9.17) is 5.11 Å². The fourth-order valence-corrected chi connectivity index (χ4v) is 1.60. The summed E-state index contributed by atoms with van der Waals surface area (Å²) in [6, 6.07) is 0. The maximum Gasteiger partial charge on any atom is 0.309 e. The second-order valence-electron chi connectivity index (χ2n) is 3.63. The molecule has 1 N–H and O–H groups in total. The molecule has 0 saturated heterocycles. The van der Waals surface area contributed by atoms with Crippen LogP contribution in [0, 0.1) is 5.41 Å². The summed E-state index contributed by atoms with van der Waals surface area (Å²) < 4.78 is 0. The number of hydrogen-bond acceptors (Lipinski definition) is 1. The zero-order chi connectivity index (χ0) is 8.48. The molecule has 0 aromatic carbocycles. The van der Waals surface area contributed by atoms with Crippen molar-refractivity contribution in [3.05, 3.63) is 11.6 Å². The van der Waals surface area contributed by atoms with Crippen LogP contribution in [0.1, 0.15) is 33.1 Å². The Morgan fingerprint density at radius 2 is 2.36 bits per heavy atom. The van der Waals surface area contributed by atoms with E-state index in [1.165, 1.54) is 5.57 Å². The van der Waals surface area contributed by atoms with Crippen molar-refractivity contribution in [2.24, 2.45) is 5.41 Å². The minimum Gasteiger partial charge on any atom is -0.481 e. The summed E-state index contributed by atoms with van der Waals surface area (Å²) in [6.07, 6.45) is 4.53. The first-order valence-electron chi connectivity index (χ1n) is 3.94. The topological polar surface area (TPSA) is 37.3 Å². The van der Waals surface area contributed by atoms with Crippen LogP contribution in [0.5, 0.6) is 0 Å². The maximum absolute atomic E-state index is 10.8. The largest absolute Gasteiger partial charge is 0.481 e. The van der Waals surface area contributed by atoms with Gasteiger partial charge in [-0.05, 0) is 33.1 Å². The van der Waals surface area contributed by atoms with Crippen LogP contribution < -0.4 is 0 Å². The van der Waals surface area contributed by atoms with Gasteiger partial charge in [-0.15, -0.1) is 0 Å². The zero-order valence-corrected chi connectivity index (χ0v) is 7.05. The van der Waals surface area contributed by atoms with Crippen molar-refractivity contribution < 1.29 is 9.90 Å². The molecular weight excluding hydrogens is 140 g/mol. The van der Waals surface area contributed by atoms with Crippen LogP contribution in [0.2, 0.25) is 0 Å². The molecule has 1 rings (SSSR count). The summed E-state index contributed by atoms with van der Waals surface area (Å²) >= 11 is 0. The minimum atomic E-state index is -0.662. The SMILES string of the molecule is CC1=CCCC(C)(C(=O)O)C1. The maximum atomic E-state index is 10.8. The highest BCUT2D eigenvalue weighted by molar-refractivity contribution is 5.74. The minimum absolute atomic E-state index is 0.501. The lowest BCUT2D eigenvalue weighted by Gasteiger charge is -2.28. The predicted octanol–water partition coefficient (Wildman–Crippen LogP) is 2.21. The highest BCUT2D eigenvalue weighted by atomic mass is 16.4. The normalized spacial score (nSPS) is 31.3. The van der Waals surface area contributed by atoms with E-state index in [1.807, 2.05) is 13.8 Å². The monoisotopic (exact) mass is 154 g/mol. The third-order valence-electron chi connectivity index (χ3n) is 2.37. The lowest BCUT2D eigenvalue weighted by atomic mass is 9.76. The highest BCUT2D eigenvalue weighted by Crippen LogP contribution is 2.35. The van der Waals surface area contributed by atoms with Crippen LogP contribution >= 0.6 is 0 Å². The van der Waals surface area contributed by atoms with Gasteiger partial charge in [-0.3, -0.25) is 4.79 Å². The number of carboxylic acid groups (broad SMARTS) is 1. The Kier molecular flexibility index (Phi) is 2.03. The first-order chi connectivity index (χ1) is 5.04. The van der Waals surface area contributed by atoms with Gasteiger partial charge >= 0.3 is 5.97 Å². The fraction of sp³-hybridized carbons (Fsp3) is 0.667. The summed E-state index contributed by atoms with van der Waals surface area (Å²) in [5, 5.41) is 8.89. The molecule has 0 aromatic heterocycles. The molecule has 1 aliphatic carbocycles. The Labute approximate surface area is 66.9 Å². The van der Waals surface area contributed by atoms with Gasteiger partial charge in [0.2, 0.25) is 0 Å². The van der Waals surface area contributed by atoms with Crippen molar-refractivity contribution in [2.75, 3.05) is 0 Å². The average Bonchev–Trinajstić information content (AvgIpc) is 1.86. The van der Waals surface area contributed by atoms with Crippen molar-refractivity contribution in [1.82, 2.24) is 0 Å². The Balaban J connectivity index is 2.76. The number of hydrogen-bond donors (Lipinski definition) is 1. The molecule has 1 unspecified atom stereocenters. The van der Waals surface area contributed by atoms with Crippen LogP contribution in [0.4, 0.5) is 0 Å². The van der Waals surface area contributed by atoms with E-state index in [2.05, 4.69) is 6.08 Å². The van der Waals surface area contributed by atoms with E-state index in [-0.39, 0.29) is 0 Å². The third-order valence-corrected chi connectivity index (χ3v) is 2.37. The molecule has 0 bridgehead atoms. The predicted molar refractivity (Wildman–Crippen MR) is 43.4 cm³/mol. The van der Waals surface area contributed by atoms with Gasteiger partial charge in [0.05, 0.1) is 5.41 Å². The summed E-state index contributed by atoms with van der Waals surface area (Å²) in [6.45, 7) is 3.83. The summed E-state index contributed by atoms with van der Waals surface area (Å²) in [4.78, 5) is 10.8. The van der Waals surface area contributed by atoms with Crippen molar-refractivity contribution in [1.29, 1.82) is 0 Å². The quantitative estimate of drug-likeness (QED) is 0.588. The van der Waals surface area contributed by atoms with Gasteiger partial charge in [0.15, 0.2) is 0 Å². The van der Waals surface area contributed by atoms with Gasteiger partial charge in [0.25, 0.3) is 0 Å². The number of allylic oxidation sites excluding steroid dienone is 2. The molecule has 0 saturated carbocycles. The number of aliphatic carboxylic acids is 1. The van der Waals surface area contributed by atoms with E-state index < -0.39 is 11.4 Å². The molecule has 0 aliphatic heterocycles. The Hall–Kier alpha value is -0.790. The first-order valence-corrected chi connectivity index (χ1v) is 3.94. The van der Waals surface area contributed by atoms with E-state index in [0.717, 1.165) is 12.8 Å². The standard InChI is InChI=1S/C9H14O2/c1-7-4-3-5-9(2,6-7)8(10)11/h4H,3,5-6H2,1-2H3,(H,10,11). The van der Waals surface area contributed by atoms with Crippen molar-refractivity contribution in [3.8, 4) is 0 Å². The van der Waals surface area contributed by atoms with Crippen LogP contribution in [0.3, 0.4) is 0 Å². The smallest absolute Gasteiger partial charge is 0.309 e. The van der Waals surface area contributed by atoms with Gasteiger partial charge in [-0.25, -0.2) is 0 Å². The molecule has 0 heterocycles. The average molecular weight is 154 g/mol. The molecular formula is C9H14O2. The molecule has 0 spiro atoms. The number of carbonyl (C=O) groups is 1. The van der Waals surface area contributed by atoms with Gasteiger partial charge in [0.1, 0.15) is 0 Å². The highest BCUT2D eigenvalue weighted by Gasteiger charge is 2.34. The molecule has 2 nitrogen and oxygen atoms in total. The van der Waals surface area contributed by atoms with Crippen LogP contribution in [0.25, 0.3) is 0 Å². The molecule has 2 heteroatoms. The molecule has 62 valence electrons. The molecule has 0 aromatic rings. The Morgan fingerprint density at radius 1 is 1.73 bits per heavy atom. The second-order valence-corrected chi connectivity index (χ2v) is 3.63. The first kappa shape index (κ1) is 8.31. The summed E-state index contributed by atoms with van der Waals surface area (Å²) in [5.41, 5.74) is 0.708. The van der Waals surface area contributed by atoms with Gasteiger partial charge < -0.3 is 5.11 Å². The van der Waals surface area contributed by atoms with Gasteiger partial charge in [-0.1, -0.05) is 11.6 Å².